The highest BCUT2D eigenvalue weighted by Crippen LogP contribution is 2.50. The molecule has 0 saturated heterocycles. The Hall–Kier alpha value is -7.52. The van der Waals surface area contributed by atoms with Gasteiger partial charge in [-0.05, 0) is 90.0 Å². The van der Waals surface area contributed by atoms with Crippen LogP contribution in [0, 0.1) is 0 Å². The Morgan fingerprint density at radius 1 is 0.283 bits per heavy atom. The van der Waals surface area contributed by atoms with Crippen LogP contribution in [0.5, 0.6) is 0 Å². The minimum Gasteiger partial charge on any atom is -0.308 e. The zero-order chi connectivity index (χ0) is 39.3. The molecule has 0 bridgehead atoms. The quantitative estimate of drug-likeness (QED) is 0.157. The van der Waals surface area contributed by atoms with Crippen molar-refractivity contribution in [2.24, 2.45) is 0 Å². The maximum Gasteiger partial charge on any atom is 0.0619 e. The summed E-state index contributed by atoms with van der Waals surface area (Å²) in [5.41, 5.74) is 11.3. The van der Waals surface area contributed by atoms with Gasteiger partial charge in [-0.15, -0.1) is 11.3 Å². The molecular weight excluding hydrogens is 743 g/mol. The van der Waals surface area contributed by atoms with Crippen molar-refractivity contribution in [2.75, 3.05) is 0 Å². The van der Waals surface area contributed by atoms with Gasteiger partial charge in [0.1, 0.15) is 0 Å². The van der Waals surface area contributed by atoms with E-state index in [-0.39, 0.29) is 0 Å². The highest BCUT2D eigenvalue weighted by Gasteiger charge is 2.23. The third kappa shape index (κ3) is 4.74. The lowest BCUT2D eigenvalue weighted by Crippen LogP contribution is -1.99. The van der Waals surface area contributed by atoms with Crippen LogP contribution in [0.4, 0.5) is 0 Å². The first-order valence-corrected chi connectivity index (χ1v) is 21.5. The number of fused-ring (bicyclic) bond motifs is 10. The number of nitrogens with zero attached hydrogens (tertiary/aromatic N) is 1. The van der Waals surface area contributed by atoms with E-state index in [1.807, 2.05) is 11.3 Å². The van der Waals surface area contributed by atoms with Gasteiger partial charge < -0.3 is 4.57 Å². The Kier molecular flexibility index (Phi) is 7.24. The monoisotopic (exact) mass is 777 g/mol. The standard InChI is InChI=1S/C58H35NS/c1-2-17-36(18-3-1)54-40-21-4-6-23-42(40)55(43-24-7-5-22-41(43)54)37-33-34-48-53(35-37)60-52-32-16-29-49(57(48)52)56-44-25-8-10-27-46(44)58(47-28-11-9-26-45(47)56)59-50-30-14-12-19-38(50)39-20-13-15-31-51(39)59/h1-35H. The molecule has 278 valence electrons. The molecule has 13 aromatic rings. The van der Waals surface area contributed by atoms with Crippen molar-refractivity contribution in [2.45, 2.75) is 0 Å². The zero-order valence-electron chi connectivity index (χ0n) is 32.6. The van der Waals surface area contributed by atoms with Crippen LogP contribution >= 0.6 is 11.3 Å². The van der Waals surface area contributed by atoms with Crippen molar-refractivity contribution in [1.82, 2.24) is 4.57 Å². The van der Waals surface area contributed by atoms with Crippen LogP contribution < -0.4 is 0 Å². The Labute approximate surface area is 350 Å². The van der Waals surface area contributed by atoms with Gasteiger partial charge >= 0.3 is 0 Å². The summed E-state index contributed by atoms with van der Waals surface area (Å²) in [6, 6.07) is 78.6. The smallest absolute Gasteiger partial charge is 0.0619 e. The molecule has 1 nitrogen and oxygen atoms in total. The molecule has 0 fully saturated rings. The van der Waals surface area contributed by atoms with E-state index in [9.17, 15) is 0 Å². The van der Waals surface area contributed by atoms with Gasteiger partial charge in [-0.3, -0.25) is 0 Å². The van der Waals surface area contributed by atoms with Crippen LogP contribution in [-0.4, -0.2) is 4.57 Å². The molecule has 2 aromatic heterocycles. The van der Waals surface area contributed by atoms with Crippen LogP contribution in [-0.2, 0) is 0 Å². The van der Waals surface area contributed by atoms with Crippen molar-refractivity contribution < 1.29 is 0 Å². The number of rotatable bonds is 4. The van der Waals surface area contributed by atoms with Gasteiger partial charge in [0.25, 0.3) is 0 Å². The second-order valence-electron chi connectivity index (χ2n) is 15.9. The van der Waals surface area contributed by atoms with Gasteiger partial charge in [-0.2, -0.15) is 0 Å². The Balaban J connectivity index is 1.08. The van der Waals surface area contributed by atoms with E-state index in [0.717, 1.165) is 0 Å². The average molecular weight is 778 g/mol. The molecule has 0 radical (unpaired) electrons. The van der Waals surface area contributed by atoms with E-state index in [0.29, 0.717) is 0 Å². The predicted molar refractivity (Wildman–Crippen MR) is 260 cm³/mol. The molecular formula is C58H35NS. The molecule has 2 heteroatoms. The molecule has 0 N–H and O–H groups in total. The zero-order valence-corrected chi connectivity index (χ0v) is 33.4. The second-order valence-corrected chi connectivity index (χ2v) is 17.0. The van der Waals surface area contributed by atoms with Crippen LogP contribution in [0.2, 0.25) is 0 Å². The predicted octanol–water partition coefficient (Wildman–Crippen LogP) is 16.8. The maximum absolute atomic E-state index is 2.50. The first-order valence-electron chi connectivity index (χ1n) is 20.7. The van der Waals surface area contributed by atoms with Crippen LogP contribution in [0.15, 0.2) is 212 Å². The number of benzene rings is 11. The fourth-order valence-corrected chi connectivity index (χ4v) is 11.5. The Morgan fingerprint density at radius 2 is 0.733 bits per heavy atom. The number of para-hydroxylation sites is 2. The van der Waals surface area contributed by atoms with E-state index in [4.69, 9.17) is 0 Å². The summed E-state index contributed by atoms with van der Waals surface area (Å²) in [5, 5.41) is 15.3. The lowest BCUT2D eigenvalue weighted by Gasteiger charge is -2.20. The number of thiophene rings is 1. The van der Waals surface area contributed by atoms with E-state index in [1.54, 1.807) is 0 Å². The van der Waals surface area contributed by atoms with Crippen molar-refractivity contribution >= 4 is 96.4 Å². The van der Waals surface area contributed by atoms with E-state index < -0.39 is 0 Å². The highest BCUT2D eigenvalue weighted by molar-refractivity contribution is 7.26. The summed E-state index contributed by atoms with van der Waals surface area (Å²) in [5.74, 6) is 0. The van der Waals surface area contributed by atoms with Crippen molar-refractivity contribution in [3.63, 3.8) is 0 Å². The third-order valence-corrected chi connectivity index (χ3v) is 13.9. The molecule has 0 atom stereocenters. The molecule has 60 heavy (non-hydrogen) atoms. The van der Waals surface area contributed by atoms with Crippen molar-refractivity contribution in [3.8, 4) is 39.1 Å². The summed E-state index contributed by atoms with van der Waals surface area (Å²) < 4.78 is 5.10. The number of hydrogen-bond donors (Lipinski definition) is 0. The average Bonchev–Trinajstić information content (AvgIpc) is 3.86. The minimum atomic E-state index is 1.22. The fraction of sp³-hybridized carbons (Fsp3) is 0. The molecule has 11 aromatic carbocycles. The molecule has 0 aliphatic heterocycles. The molecule has 0 amide bonds. The lowest BCUT2D eigenvalue weighted by atomic mass is 9.85. The molecule has 0 aliphatic carbocycles. The summed E-state index contributed by atoms with van der Waals surface area (Å²) in [4.78, 5) is 0. The molecule has 0 saturated carbocycles. The second kappa shape index (κ2) is 13.0. The normalized spacial score (nSPS) is 12.0. The van der Waals surface area contributed by atoms with E-state index in [2.05, 4.69) is 217 Å². The van der Waals surface area contributed by atoms with Gasteiger partial charge in [0.15, 0.2) is 0 Å². The third-order valence-electron chi connectivity index (χ3n) is 12.8. The molecule has 2 heterocycles. The van der Waals surface area contributed by atoms with Gasteiger partial charge in [0.2, 0.25) is 0 Å². The maximum atomic E-state index is 2.50. The molecule has 0 aliphatic rings. The molecule has 0 unspecified atom stereocenters. The minimum absolute atomic E-state index is 1.22. The SMILES string of the molecule is c1ccc(-c2c3ccccc3c(-c3ccc4c(c3)sc3cccc(-c5c6ccccc6c(-n6c7ccccc7c7ccccc76)c6ccccc56)c34)c3ccccc23)cc1. The summed E-state index contributed by atoms with van der Waals surface area (Å²) >= 11 is 1.90. The van der Waals surface area contributed by atoms with Crippen LogP contribution in [0.25, 0.3) is 124 Å². The van der Waals surface area contributed by atoms with Gasteiger partial charge in [-0.25, -0.2) is 0 Å². The number of aromatic nitrogens is 1. The van der Waals surface area contributed by atoms with Gasteiger partial charge in [-0.1, -0.05) is 188 Å². The highest BCUT2D eigenvalue weighted by atomic mass is 32.1. The summed E-state index contributed by atoms with van der Waals surface area (Å²) in [6.07, 6.45) is 0. The van der Waals surface area contributed by atoms with Gasteiger partial charge in [0.05, 0.1) is 16.7 Å². The summed E-state index contributed by atoms with van der Waals surface area (Å²) in [7, 11) is 0. The van der Waals surface area contributed by atoms with Crippen molar-refractivity contribution in [3.05, 3.63) is 212 Å². The van der Waals surface area contributed by atoms with E-state index >= 15 is 0 Å². The van der Waals surface area contributed by atoms with Gasteiger partial charge in [0, 0.05) is 41.7 Å². The fourth-order valence-electron chi connectivity index (χ4n) is 10.3. The number of hydrogen-bond acceptors (Lipinski definition) is 1. The molecule has 0 spiro atoms. The topological polar surface area (TPSA) is 4.93 Å². The first kappa shape index (κ1) is 33.5. The summed E-state index contributed by atoms with van der Waals surface area (Å²) in [6.45, 7) is 0. The molecule has 13 rings (SSSR count). The first-order chi connectivity index (χ1) is 29.8. The lowest BCUT2D eigenvalue weighted by molar-refractivity contribution is 1.21. The van der Waals surface area contributed by atoms with Crippen LogP contribution in [0.3, 0.4) is 0 Å². The Bertz CT molecular complexity index is 3720. The van der Waals surface area contributed by atoms with Crippen molar-refractivity contribution in [1.29, 1.82) is 0 Å². The largest absolute Gasteiger partial charge is 0.308 e. The Morgan fingerprint density at radius 3 is 1.28 bits per heavy atom. The van der Waals surface area contributed by atoms with E-state index in [1.165, 1.54) is 124 Å². The van der Waals surface area contributed by atoms with Crippen LogP contribution in [0.1, 0.15) is 0 Å².